The number of hydrogen-bond acceptors (Lipinski definition) is 4. The third-order valence-corrected chi connectivity index (χ3v) is 5.24. The third-order valence-electron chi connectivity index (χ3n) is 4.52. The summed E-state index contributed by atoms with van der Waals surface area (Å²) in [5, 5.41) is 4.08. The molecule has 0 saturated heterocycles. The Morgan fingerprint density at radius 3 is 2.25 bits per heavy atom. The van der Waals surface area contributed by atoms with Crippen LogP contribution in [0.5, 0.6) is 5.75 Å². The van der Waals surface area contributed by atoms with Crippen molar-refractivity contribution in [3.8, 4) is 5.75 Å². The third kappa shape index (κ3) is 4.57. The van der Waals surface area contributed by atoms with Crippen molar-refractivity contribution in [3.05, 3.63) is 69.5 Å². The van der Waals surface area contributed by atoms with Gasteiger partial charge in [0.2, 0.25) is 0 Å². The number of nitrogens with one attached hydrogen (secondary N) is 1. The first-order valence-corrected chi connectivity index (χ1v) is 10.1. The fourth-order valence-electron chi connectivity index (χ4n) is 2.87. The van der Waals surface area contributed by atoms with Gasteiger partial charge < -0.3 is 14.5 Å². The van der Waals surface area contributed by atoms with E-state index in [2.05, 4.69) is 36.3 Å². The fourth-order valence-corrected chi connectivity index (χ4v) is 3.55. The highest BCUT2D eigenvalue weighted by Crippen LogP contribution is 2.40. The molecule has 0 aliphatic carbocycles. The van der Waals surface area contributed by atoms with Crippen LogP contribution in [0.3, 0.4) is 0 Å². The maximum atomic E-state index is 6.40. The summed E-state index contributed by atoms with van der Waals surface area (Å²) in [6.07, 6.45) is 1.67. The maximum Gasteiger partial charge on any atom is 0.299 e. The number of anilines is 2. The standard InChI is InChI=1S/C21H21Cl3N2O2/c1-13-12-25-20(28-13)26-16-6-4-14(5-7-16)21(2,3)15-10-17(23)19(18(24)11-15)27-9-8-22/h4-7,10-12H,8-9H2,1-3H3,(H,25,26). The highest BCUT2D eigenvalue weighted by atomic mass is 35.5. The van der Waals surface area contributed by atoms with Crippen LogP contribution in [0.4, 0.5) is 11.7 Å². The van der Waals surface area contributed by atoms with Gasteiger partial charge in [-0.2, -0.15) is 0 Å². The highest BCUT2D eigenvalue weighted by molar-refractivity contribution is 6.37. The van der Waals surface area contributed by atoms with Crippen LogP contribution < -0.4 is 10.1 Å². The van der Waals surface area contributed by atoms with Crippen molar-refractivity contribution in [2.24, 2.45) is 0 Å². The van der Waals surface area contributed by atoms with E-state index in [0.29, 0.717) is 34.3 Å². The lowest BCUT2D eigenvalue weighted by Crippen LogP contribution is -2.19. The Morgan fingerprint density at radius 1 is 1.07 bits per heavy atom. The van der Waals surface area contributed by atoms with Gasteiger partial charge in [0.1, 0.15) is 12.4 Å². The molecule has 28 heavy (non-hydrogen) atoms. The molecule has 3 rings (SSSR count). The number of hydrogen-bond donors (Lipinski definition) is 1. The van der Waals surface area contributed by atoms with Gasteiger partial charge in [0.15, 0.2) is 5.75 Å². The normalized spacial score (nSPS) is 11.5. The molecular formula is C21H21Cl3N2O2. The Morgan fingerprint density at radius 2 is 1.71 bits per heavy atom. The van der Waals surface area contributed by atoms with Crippen LogP contribution in [0.2, 0.25) is 10.0 Å². The first-order valence-electron chi connectivity index (χ1n) is 8.79. The summed E-state index contributed by atoms with van der Waals surface area (Å²) >= 11 is 18.5. The summed E-state index contributed by atoms with van der Waals surface area (Å²) in [5.41, 5.74) is 2.69. The smallest absolute Gasteiger partial charge is 0.299 e. The lowest BCUT2D eigenvalue weighted by Gasteiger charge is -2.27. The Labute approximate surface area is 179 Å². The van der Waals surface area contributed by atoms with Crippen LogP contribution in [-0.4, -0.2) is 17.5 Å². The van der Waals surface area contributed by atoms with Crippen molar-refractivity contribution >= 4 is 46.5 Å². The van der Waals surface area contributed by atoms with Crippen LogP contribution in [-0.2, 0) is 5.41 Å². The van der Waals surface area contributed by atoms with E-state index in [0.717, 1.165) is 22.6 Å². The molecule has 0 radical (unpaired) electrons. The molecule has 0 aliphatic rings. The molecular weight excluding hydrogens is 419 g/mol. The number of benzene rings is 2. The quantitative estimate of drug-likeness (QED) is 0.403. The van der Waals surface area contributed by atoms with Gasteiger partial charge in [-0.15, -0.1) is 11.6 Å². The van der Waals surface area contributed by atoms with Crippen LogP contribution in [0.25, 0.3) is 0 Å². The Bertz CT molecular complexity index is 930. The van der Waals surface area contributed by atoms with Gasteiger partial charge in [-0.05, 0) is 42.3 Å². The van der Waals surface area contributed by atoms with Crippen molar-refractivity contribution in [2.45, 2.75) is 26.2 Å². The fraction of sp³-hybridized carbons (Fsp3) is 0.286. The zero-order valence-corrected chi connectivity index (χ0v) is 18.1. The molecule has 0 saturated carbocycles. The van der Waals surface area contributed by atoms with E-state index in [1.807, 2.05) is 31.2 Å². The van der Waals surface area contributed by atoms with Crippen LogP contribution in [0, 0.1) is 6.92 Å². The number of oxazole rings is 1. The number of halogens is 3. The number of nitrogens with zero attached hydrogens (tertiary/aromatic N) is 1. The molecule has 0 unspecified atom stereocenters. The van der Waals surface area contributed by atoms with E-state index in [-0.39, 0.29) is 5.41 Å². The number of rotatable bonds is 7. The lowest BCUT2D eigenvalue weighted by molar-refractivity contribution is 0.343. The molecule has 0 spiro atoms. The highest BCUT2D eigenvalue weighted by Gasteiger charge is 2.25. The second kappa shape index (κ2) is 8.64. The summed E-state index contributed by atoms with van der Waals surface area (Å²) in [6.45, 7) is 6.44. The Kier molecular flexibility index (Phi) is 6.43. The van der Waals surface area contributed by atoms with Gasteiger partial charge in [-0.25, -0.2) is 4.98 Å². The van der Waals surface area contributed by atoms with Gasteiger partial charge in [-0.1, -0.05) is 49.2 Å². The molecule has 0 bridgehead atoms. The molecule has 7 heteroatoms. The molecule has 0 amide bonds. The molecule has 1 N–H and O–H groups in total. The second-order valence-corrected chi connectivity index (χ2v) is 8.10. The number of alkyl halides is 1. The SMILES string of the molecule is Cc1cnc(Nc2ccc(C(C)(C)c3cc(Cl)c(OCCCl)c(Cl)c3)cc2)o1. The molecule has 0 fully saturated rings. The molecule has 0 aliphatic heterocycles. The Balaban J connectivity index is 1.83. The minimum atomic E-state index is -0.309. The monoisotopic (exact) mass is 438 g/mol. The predicted molar refractivity (Wildman–Crippen MR) is 116 cm³/mol. The van der Waals surface area contributed by atoms with Crippen molar-refractivity contribution in [1.82, 2.24) is 4.98 Å². The maximum absolute atomic E-state index is 6.40. The van der Waals surface area contributed by atoms with Crippen molar-refractivity contribution in [2.75, 3.05) is 17.8 Å². The number of aromatic nitrogens is 1. The minimum Gasteiger partial charge on any atom is -0.489 e. The summed E-state index contributed by atoms with van der Waals surface area (Å²) in [4.78, 5) is 4.15. The summed E-state index contributed by atoms with van der Waals surface area (Å²) in [5.74, 6) is 1.59. The van der Waals surface area contributed by atoms with Crippen molar-refractivity contribution < 1.29 is 9.15 Å². The summed E-state index contributed by atoms with van der Waals surface area (Å²) in [6, 6.07) is 12.3. The average molecular weight is 440 g/mol. The molecule has 0 atom stereocenters. The van der Waals surface area contributed by atoms with Gasteiger partial charge in [0.05, 0.1) is 22.1 Å². The zero-order chi connectivity index (χ0) is 20.3. The van der Waals surface area contributed by atoms with Gasteiger partial charge in [0, 0.05) is 11.1 Å². The van der Waals surface area contributed by atoms with E-state index < -0.39 is 0 Å². The lowest BCUT2D eigenvalue weighted by atomic mass is 9.78. The molecule has 2 aromatic carbocycles. The number of aryl methyl sites for hydroxylation is 1. The van der Waals surface area contributed by atoms with Gasteiger partial charge in [0.25, 0.3) is 6.01 Å². The summed E-state index contributed by atoms with van der Waals surface area (Å²) in [7, 11) is 0. The van der Waals surface area contributed by atoms with E-state index in [1.54, 1.807) is 6.20 Å². The molecule has 1 aromatic heterocycles. The predicted octanol–water partition coefficient (Wildman–Crippen LogP) is 6.98. The molecule has 148 valence electrons. The summed E-state index contributed by atoms with van der Waals surface area (Å²) < 4.78 is 11.0. The van der Waals surface area contributed by atoms with E-state index in [4.69, 9.17) is 44.0 Å². The minimum absolute atomic E-state index is 0.309. The molecule has 4 nitrogen and oxygen atoms in total. The van der Waals surface area contributed by atoms with Gasteiger partial charge in [-0.3, -0.25) is 0 Å². The first kappa shape index (κ1) is 20.8. The van der Waals surface area contributed by atoms with Gasteiger partial charge >= 0.3 is 0 Å². The number of ether oxygens (including phenoxy) is 1. The molecule has 3 aromatic rings. The van der Waals surface area contributed by atoms with E-state index in [9.17, 15) is 0 Å². The topological polar surface area (TPSA) is 47.3 Å². The molecule has 1 heterocycles. The largest absolute Gasteiger partial charge is 0.489 e. The van der Waals surface area contributed by atoms with Crippen LogP contribution in [0.1, 0.15) is 30.7 Å². The first-order chi connectivity index (χ1) is 13.3. The van der Waals surface area contributed by atoms with Crippen molar-refractivity contribution in [1.29, 1.82) is 0 Å². The second-order valence-electron chi connectivity index (χ2n) is 6.91. The van der Waals surface area contributed by atoms with Crippen LogP contribution >= 0.6 is 34.8 Å². The van der Waals surface area contributed by atoms with Crippen LogP contribution in [0.15, 0.2) is 47.0 Å². The Hall–Kier alpha value is -1.88. The van der Waals surface area contributed by atoms with E-state index >= 15 is 0 Å². The zero-order valence-electron chi connectivity index (χ0n) is 15.9. The average Bonchev–Trinajstić information content (AvgIpc) is 3.06. The van der Waals surface area contributed by atoms with Crippen molar-refractivity contribution in [3.63, 3.8) is 0 Å². The van der Waals surface area contributed by atoms with E-state index in [1.165, 1.54) is 0 Å².